The molecule has 2 N–H and O–H groups in total. The van der Waals surface area contributed by atoms with E-state index in [9.17, 15) is 0 Å². The predicted molar refractivity (Wildman–Crippen MR) is 67.1 cm³/mol. The molecule has 0 saturated carbocycles. The van der Waals surface area contributed by atoms with Crippen molar-refractivity contribution in [2.75, 3.05) is 19.8 Å². The number of benzene rings is 1. The smallest absolute Gasteiger partial charge is 0.175 e. The molecule has 0 aromatic heterocycles. The van der Waals surface area contributed by atoms with Crippen molar-refractivity contribution in [1.29, 1.82) is 0 Å². The molecule has 88 valence electrons. The lowest BCUT2D eigenvalue weighted by atomic mass is 10.1. The standard InChI is InChI=1S/C12H16BrNO2/c13-10-7-9(3-1-4-14)8-11-12(10)16-6-2-5-15-11/h7-8H,1-6,14H2. The van der Waals surface area contributed by atoms with Gasteiger partial charge in [-0.1, -0.05) is 0 Å². The van der Waals surface area contributed by atoms with E-state index in [0.29, 0.717) is 13.2 Å². The maximum Gasteiger partial charge on any atom is 0.175 e. The molecule has 0 amide bonds. The third-order valence-corrected chi connectivity index (χ3v) is 3.12. The summed E-state index contributed by atoms with van der Waals surface area (Å²) in [7, 11) is 0. The van der Waals surface area contributed by atoms with Gasteiger partial charge >= 0.3 is 0 Å². The molecule has 16 heavy (non-hydrogen) atoms. The van der Waals surface area contributed by atoms with Crippen LogP contribution in [0.1, 0.15) is 18.4 Å². The highest BCUT2D eigenvalue weighted by atomic mass is 79.9. The van der Waals surface area contributed by atoms with Gasteiger partial charge in [0.2, 0.25) is 0 Å². The molecule has 0 radical (unpaired) electrons. The number of hydrogen-bond donors (Lipinski definition) is 1. The van der Waals surface area contributed by atoms with E-state index < -0.39 is 0 Å². The second-order valence-electron chi connectivity index (χ2n) is 3.85. The molecule has 0 fully saturated rings. The minimum absolute atomic E-state index is 0.714. The lowest BCUT2D eigenvalue weighted by molar-refractivity contribution is 0.296. The summed E-state index contributed by atoms with van der Waals surface area (Å²) in [5.41, 5.74) is 6.75. The van der Waals surface area contributed by atoms with Gasteiger partial charge in [0.15, 0.2) is 11.5 Å². The zero-order chi connectivity index (χ0) is 11.4. The molecule has 4 heteroatoms. The fourth-order valence-electron chi connectivity index (χ4n) is 1.73. The van der Waals surface area contributed by atoms with Crippen molar-refractivity contribution in [2.45, 2.75) is 19.3 Å². The number of aryl methyl sites for hydroxylation is 1. The summed E-state index contributed by atoms with van der Waals surface area (Å²) in [5, 5.41) is 0. The van der Waals surface area contributed by atoms with Crippen LogP contribution in [0.3, 0.4) is 0 Å². The van der Waals surface area contributed by atoms with E-state index in [0.717, 1.165) is 41.8 Å². The largest absolute Gasteiger partial charge is 0.490 e. The minimum atomic E-state index is 0.714. The Kier molecular flexibility index (Phi) is 4.07. The Labute approximate surface area is 104 Å². The lowest BCUT2D eigenvalue weighted by Crippen LogP contribution is -2.01. The molecule has 0 atom stereocenters. The van der Waals surface area contributed by atoms with E-state index in [-0.39, 0.29) is 0 Å². The van der Waals surface area contributed by atoms with Crippen LogP contribution < -0.4 is 15.2 Å². The normalized spacial score (nSPS) is 14.6. The average Bonchev–Trinajstić information content (AvgIpc) is 2.51. The minimum Gasteiger partial charge on any atom is -0.490 e. The van der Waals surface area contributed by atoms with Crippen molar-refractivity contribution in [3.05, 3.63) is 22.2 Å². The molecule has 1 aliphatic heterocycles. The molecular formula is C12H16BrNO2. The Morgan fingerprint density at radius 3 is 2.88 bits per heavy atom. The molecule has 0 saturated heterocycles. The van der Waals surface area contributed by atoms with Crippen molar-refractivity contribution in [1.82, 2.24) is 0 Å². The summed E-state index contributed by atoms with van der Waals surface area (Å²) in [6.45, 7) is 2.15. The first kappa shape index (κ1) is 11.7. The first-order chi connectivity index (χ1) is 7.81. The van der Waals surface area contributed by atoms with Crippen LogP contribution in [-0.2, 0) is 6.42 Å². The third kappa shape index (κ3) is 2.68. The predicted octanol–water partition coefficient (Wildman–Crippen LogP) is 2.50. The van der Waals surface area contributed by atoms with Crippen LogP contribution in [0.4, 0.5) is 0 Å². The maximum atomic E-state index is 5.66. The third-order valence-electron chi connectivity index (χ3n) is 2.53. The summed E-state index contributed by atoms with van der Waals surface area (Å²) < 4.78 is 12.3. The second-order valence-corrected chi connectivity index (χ2v) is 4.70. The van der Waals surface area contributed by atoms with Crippen LogP contribution in [0.5, 0.6) is 11.5 Å². The summed E-state index contributed by atoms with van der Waals surface area (Å²) in [6.07, 6.45) is 2.90. The molecule has 1 heterocycles. The topological polar surface area (TPSA) is 44.5 Å². The lowest BCUT2D eigenvalue weighted by Gasteiger charge is -2.11. The number of halogens is 1. The molecular weight excluding hydrogens is 270 g/mol. The zero-order valence-electron chi connectivity index (χ0n) is 9.17. The van der Waals surface area contributed by atoms with Crippen molar-refractivity contribution >= 4 is 15.9 Å². The van der Waals surface area contributed by atoms with Crippen LogP contribution in [0.15, 0.2) is 16.6 Å². The molecule has 0 aliphatic carbocycles. The number of hydrogen-bond acceptors (Lipinski definition) is 3. The highest BCUT2D eigenvalue weighted by Crippen LogP contribution is 2.38. The molecule has 3 nitrogen and oxygen atoms in total. The van der Waals surface area contributed by atoms with E-state index in [2.05, 4.69) is 28.1 Å². The van der Waals surface area contributed by atoms with Crippen LogP contribution in [0, 0.1) is 0 Å². The van der Waals surface area contributed by atoms with Crippen molar-refractivity contribution in [3.63, 3.8) is 0 Å². The monoisotopic (exact) mass is 285 g/mol. The van der Waals surface area contributed by atoms with Crippen molar-refractivity contribution in [2.24, 2.45) is 5.73 Å². The van der Waals surface area contributed by atoms with E-state index in [1.54, 1.807) is 0 Å². The molecule has 1 aromatic rings. The number of fused-ring (bicyclic) bond motifs is 1. The molecule has 0 unspecified atom stereocenters. The fourth-order valence-corrected chi connectivity index (χ4v) is 2.34. The van der Waals surface area contributed by atoms with E-state index in [1.807, 2.05) is 0 Å². The summed E-state index contributed by atoms with van der Waals surface area (Å²) in [5.74, 6) is 1.67. The molecule has 0 spiro atoms. The average molecular weight is 286 g/mol. The van der Waals surface area contributed by atoms with Gasteiger partial charge in [-0.05, 0) is 53.0 Å². The fraction of sp³-hybridized carbons (Fsp3) is 0.500. The molecule has 1 aromatic carbocycles. The number of rotatable bonds is 3. The van der Waals surface area contributed by atoms with Crippen molar-refractivity contribution in [3.8, 4) is 11.5 Å². The first-order valence-electron chi connectivity index (χ1n) is 5.59. The summed E-state index contributed by atoms with van der Waals surface area (Å²) in [6, 6.07) is 4.14. The van der Waals surface area contributed by atoms with Gasteiger partial charge in [-0.2, -0.15) is 0 Å². The van der Waals surface area contributed by atoms with Crippen molar-refractivity contribution < 1.29 is 9.47 Å². The van der Waals surface area contributed by atoms with Gasteiger partial charge in [-0.15, -0.1) is 0 Å². The van der Waals surface area contributed by atoms with Crippen LogP contribution in [0.2, 0.25) is 0 Å². The van der Waals surface area contributed by atoms with Crippen LogP contribution >= 0.6 is 15.9 Å². The quantitative estimate of drug-likeness (QED) is 0.928. The van der Waals surface area contributed by atoms with E-state index >= 15 is 0 Å². The van der Waals surface area contributed by atoms with Crippen LogP contribution in [-0.4, -0.2) is 19.8 Å². The van der Waals surface area contributed by atoms with Crippen LogP contribution in [0.25, 0.3) is 0 Å². The second kappa shape index (κ2) is 5.55. The van der Waals surface area contributed by atoms with E-state index in [4.69, 9.17) is 15.2 Å². The first-order valence-corrected chi connectivity index (χ1v) is 6.38. The summed E-state index contributed by atoms with van der Waals surface area (Å²) >= 11 is 3.52. The Bertz CT molecular complexity index is 368. The number of nitrogens with two attached hydrogens (primary N) is 1. The SMILES string of the molecule is NCCCc1cc(Br)c2c(c1)OCCCO2. The zero-order valence-corrected chi connectivity index (χ0v) is 10.8. The molecule has 2 rings (SSSR count). The van der Waals surface area contributed by atoms with Gasteiger partial charge in [-0.3, -0.25) is 0 Å². The van der Waals surface area contributed by atoms with Gasteiger partial charge in [0.1, 0.15) is 0 Å². The number of ether oxygens (including phenoxy) is 2. The Balaban J connectivity index is 2.24. The molecule has 0 bridgehead atoms. The van der Waals surface area contributed by atoms with Gasteiger partial charge in [0, 0.05) is 6.42 Å². The van der Waals surface area contributed by atoms with E-state index in [1.165, 1.54) is 5.56 Å². The Morgan fingerprint density at radius 1 is 1.25 bits per heavy atom. The Hall–Kier alpha value is -0.740. The van der Waals surface area contributed by atoms with Gasteiger partial charge in [-0.25, -0.2) is 0 Å². The van der Waals surface area contributed by atoms with Gasteiger partial charge in [0.25, 0.3) is 0 Å². The Morgan fingerprint density at radius 2 is 2.06 bits per heavy atom. The van der Waals surface area contributed by atoms with Gasteiger partial charge < -0.3 is 15.2 Å². The highest BCUT2D eigenvalue weighted by molar-refractivity contribution is 9.10. The molecule has 1 aliphatic rings. The summed E-state index contributed by atoms with van der Waals surface area (Å²) in [4.78, 5) is 0. The van der Waals surface area contributed by atoms with Gasteiger partial charge in [0.05, 0.1) is 17.7 Å². The maximum absolute atomic E-state index is 5.66. The highest BCUT2D eigenvalue weighted by Gasteiger charge is 2.14.